The van der Waals surface area contributed by atoms with Gasteiger partial charge in [0.15, 0.2) is 0 Å². The summed E-state index contributed by atoms with van der Waals surface area (Å²) in [5, 5.41) is 19.9. The third-order valence-electron chi connectivity index (χ3n) is 4.37. The Labute approximate surface area is 171 Å². The number of carbonyl (C=O) groups excluding carboxylic acids is 2. The minimum atomic E-state index is -3.14. The van der Waals surface area contributed by atoms with Crippen LogP contribution in [0.25, 0.3) is 0 Å². The number of alkyl halides is 2. The molecule has 2 amide bonds. The van der Waals surface area contributed by atoms with Gasteiger partial charge in [-0.05, 0) is 48.9 Å². The number of hydrogen-bond acceptors (Lipinski definition) is 5. The molecular weight excluding hydrogens is 396 g/mol. The zero-order valence-electron chi connectivity index (χ0n) is 16.0. The molecule has 0 aliphatic carbocycles. The summed E-state index contributed by atoms with van der Waals surface area (Å²) < 4.78 is 26.3. The van der Waals surface area contributed by atoms with E-state index in [1.807, 2.05) is 0 Å². The predicted octanol–water partition coefficient (Wildman–Crippen LogP) is 1.16. The number of nitrogens with two attached hydrogens (primary N) is 1. The first-order valence-electron chi connectivity index (χ1n) is 8.82. The van der Waals surface area contributed by atoms with E-state index in [-0.39, 0.29) is 12.2 Å². The summed E-state index contributed by atoms with van der Waals surface area (Å²) in [5.41, 5.74) is 6.50. The van der Waals surface area contributed by atoms with Gasteiger partial charge >= 0.3 is 0 Å². The Balaban J connectivity index is 2.14. The lowest BCUT2D eigenvalue weighted by Crippen LogP contribution is -2.66. The lowest BCUT2D eigenvalue weighted by Gasteiger charge is -2.32. The Bertz CT molecular complexity index is 949. The monoisotopic (exact) mass is 417 g/mol. The van der Waals surface area contributed by atoms with Crippen LogP contribution >= 0.6 is 0 Å². The van der Waals surface area contributed by atoms with Crippen molar-refractivity contribution >= 4 is 11.8 Å². The molecule has 6 N–H and O–H groups in total. The molecule has 2 aromatic rings. The lowest BCUT2D eigenvalue weighted by molar-refractivity contribution is -0.134. The number of hydrogen-bond donors (Lipinski definition) is 5. The number of carbonyl (C=O) groups is 2. The summed E-state index contributed by atoms with van der Waals surface area (Å²) in [6.45, 7) is 0.836. The van der Waals surface area contributed by atoms with Crippen molar-refractivity contribution in [2.45, 2.75) is 31.5 Å². The Hall–Kier alpha value is -3.32. The molecule has 2 rings (SSSR count). The van der Waals surface area contributed by atoms with Gasteiger partial charge in [0.1, 0.15) is 11.6 Å². The van der Waals surface area contributed by atoms with E-state index in [2.05, 4.69) is 17.2 Å². The molecule has 158 valence electrons. The van der Waals surface area contributed by atoms with Crippen molar-refractivity contribution in [3.05, 3.63) is 70.8 Å². The molecule has 2 atom stereocenters. The zero-order chi connectivity index (χ0) is 22.3. The SMILES string of the molecule is CC(N)(C(F)F)C(NC(=O)c1ccc(C#Cc2ccc(CO)cc2)cc1)C(=O)NO. The fraction of sp³-hybridized carbons (Fsp3) is 0.238. The zero-order valence-corrected chi connectivity index (χ0v) is 16.0. The highest BCUT2D eigenvalue weighted by molar-refractivity contribution is 5.98. The summed E-state index contributed by atoms with van der Waals surface area (Å²) in [5.74, 6) is 3.77. The van der Waals surface area contributed by atoms with Crippen LogP contribution in [0.15, 0.2) is 48.5 Å². The second kappa shape index (κ2) is 9.93. The lowest BCUT2D eigenvalue weighted by atomic mass is 9.92. The number of aliphatic hydroxyl groups excluding tert-OH is 1. The van der Waals surface area contributed by atoms with Crippen molar-refractivity contribution in [1.29, 1.82) is 0 Å². The maximum atomic E-state index is 13.2. The van der Waals surface area contributed by atoms with Crippen molar-refractivity contribution < 1.29 is 28.7 Å². The molecule has 0 spiro atoms. The van der Waals surface area contributed by atoms with Gasteiger partial charge in [0.25, 0.3) is 18.2 Å². The summed E-state index contributed by atoms with van der Waals surface area (Å²) >= 11 is 0. The molecule has 0 bridgehead atoms. The van der Waals surface area contributed by atoms with Crippen molar-refractivity contribution in [2.75, 3.05) is 0 Å². The topological polar surface area (TPSA) is 125 Å². The smallest absolute Gasteiger partial charge is 0.268 e. The highest BCUT2D eigenvalue weighted by atomic mass is 19.3. The van der Waals surface area contributed by atoms with Gasteiger partial charge < -0.3 is 16.2 Å². The molecular formula is C21H21F2N3O4. The van der Waals surface area contributed by atoms with Crippen LogP contribution < -0.4 is 16.5 Å². The summed E-state index contributed by atoms with van der Waals surface area (Å²) in [6.07, 6.45) is -3.14. The molecule has 7 nitrogen and oxygen atoms in total. The Morgan fingerprint density at radius 1 is 1.07 bits per heavy atom. The van der Waals surface area contributed by atoms with Crippen LogP contribution in [0, 0.1) is 11.8 Å². The van der Waals surface area contributed by atoms with E-state index in [9.17, 15) is 18.4 Å². The van der Waals surface area contributed by atoms with Gasteiger partial charge in [0.05, 0.1) is 6.61 Å². The first kappa shape index (κ1) is 23.0. The molecule has 2 aromatic carbocycles. The molecule has 0 heterocycles. The predicted molar refractivity (Wildman–Crippen MR) is 105 cm³/mol. The number of rotatable bonds is 6. The fourth-order valence-corrected chi connectivity index (χ4v) is 2.45. The van der Waals surface area contributed by atoms with Gasteiger partial charge in [-0.3, -0.25) is 14.8 Å². The van der Waals surface area contributed by atoms with E-state index < -0.39 is 29.8 Å². The first-order valence-corrected chi connectivity index (χ1v) is 8.82. The first-order chi connectivity index (χ1) is 14.2. The average Bonchev–Trinajstić information content (AvgIpc) is 2.75. The molecule has 0 radical (unpaired) electrons. The molecule has 0 aromatic heterocycles. The molecule has 30 heavy (non-hydrogen) atoms. The van der Waals surface area contributed by atoms with E-state index in [4.69, 9.17) is 16.0 Å². The van der Waals surface area contributed by atoms with Gasteiger partial charge in [-0.1, -0.05) is 24.0 Å². The van der Waals surface area contributed by atoms with E-state index in [0.717, 1.165) is 18.1 Å². The third-order valence-corrected chi connectivity index (χ3v) is 4.37. The molecule has 0 fully saturated rings. The van der Waals surface area contributed by atoms with Crippen molar-refractivity contribution in [3.63, 3.8) is 0 Å². The fourth-order valence-electron chi connectivity index (χ4n) is 2.45. The second-order valence-corrected chi connectivity index (χ2v) is 6.73. The second-order valence-electron chi connectivity index (χ2n) is 6.73. The number of hydroxylamine groups is 1. The summed E-state index contributed by atoms with van der Waals surface area (Å²) in [7, 11) is 0. The van der Waals surface area contributed by atoms with Gasteiger partial charge in [-0.2, -0.15) is 0 Å². The maximum Gasteiger partial charge on any atom is 0.268 e. The number of amides is 2. The molecule has 0 saturated carbocycles. The van der Waals surface area contributed by atoms with Crippen molar-refractivity contribution in [1.82, 2.24) is 10.8 Å². The van der Waals surface area contributed by atoms with Crippen LogP contribution in [0.3, 0.4) is 0 Å². The minimum absolute atomic E-state index is 0.0569. The van der Waals surface area contributed by atoms with Crippen LogP contribution in [0.5, 0.6) is 0 Å². The summed E-state index contributed by atoms with van der Waals surface area (Å²) in [4.78, 5) is 24.1. The number of aliphatic hydroxyl groups is 1. The van der Waals surface area contributed by atoms with Gasteiger partial charge in [-0.15, -0.1) is 0 Å². The van der Waals surface area contributed by atoms with Crippen LogP contribution in [-0.4, -0.2) is 40.1 Å². The average molecular weight is 417 g/mol. The van der Waals surface area contributed by atoms with Crippen molar-refractivity contribution in [2.24, 2.45) is 5.73 Å². The largest absolute Gasteiger partial charge is 0.392 e. The number of halogens is 2. The Morgan fingerprint density at radius 3 is 2.00 bits per heavy atom. The van der Waals surface area contributed by atoms with Crippen LogP contribution in [0.4, 0.5) is 8.78 Å². The molecule has 9 heteroatoms. The Kier molecular flexibility index (Phi) is 7.60. The number of nitrogens with one attached hydrogen (secondary N) is 2. The summed E-state index contributed by atoms with van der Waals surface area (Å²) in [6, 6.07) is 11.1. The molecule has 2 unspecified atom stereocenters. The van der Waals surface area contributed by atoms with Crippen molar-refractivity contribution in [3.8, 4) is 11.8 Å². The Morgan fingerprint density at radius 2 is 1.57 bits per heavy atom. The highest BCUT2D eigenvalue weighted by Crippen LogP contribution is 2.18. The number of benzene rings is 2. The van der Waals surface area contributed by atoms with E-state index >= 15 is 0 Å². The highest BCUT2D eigenvalue weighted by Gasteiger charge is 2.44. The normalized spacial score (nSPS) is 13.6. The third kappa shape index (κ3) is 5.61. The molecule has 0 aliphatic rings. The van der Waals surface area contributed by atoms with Gasteiger partial charge in [0, 0.05) is 16.7 Å². The van der Waals surface area contributed by atoms with E-state index in [1.165, 1.54) is 17.6 Å². The minimum Gasteiger partial charge on any atom is -0.392 e. The molecule has 0 saturated heterocycles. The van der Waals surface area contributed by atoms with Crippen LogP contribution in [0.1, 0.15) is 34.0 Å². The van der Waals surface area contributed by atoms with E-state index in [1.54, 1.807) is 36.4 Å². The maximum absolute atomic E-state index is 13.2. The molecule has 0 aliphatic heterocycles. The quantitative estimate of drug-likeness (QED) is 0.274. The van der Waals surface area contributed by atoms with Crippen LogP contribution in [0.2, 0.25) is 0 Å². The van der Waals surface area contributed by atoms with Gasteiger partial charge in [0.2, 0.25) is 0 Å². The standard InChI is InChI=1S/C21H21F2N3O4/c1-21(24,20(22)23)17(19(29)26-30)25-18(28)16-10-8-14(9-11-16)3-2-13-4-6-15(12-27)7-5-13/h4-11,17,20,27,30H,12,24H2,1H3,(H,25,28)(H,26,29). The van der Waals surface area contributed by atoms with Crippen LogP contribution in [-0.2, 0) is 11.4 Å². The van der Waals surface area contributed by atoms with Gasteiger partial charge in [-0.25, -0.2) is 14.3 Å². The van der Waals surface area contributed by atoms with E-state index in [0.29, 0.717) is 5.56 Å².